The number of hydrogen-bond acceptors (Lipinski definition) is 0. The average molecular weight is 118 g/mol. The predicted molar refractivity (Wildman–Crippen MR) is 44.1 cm³/mol. The van der Waals surface area contributed by atoms with Crippen LogP contribution in [0.4, 0.5) is 0 Å². The van der Waals surface area contributed by atoms with Crippen LogP contribution in [-0.4, -0.2) is 7.85 Å². The summed E-state index contributed by atoms with van der Waals surface area (Å²) in [4.78, 5) is 0. The zero-order chi connectivity index (χ0) is 6.85. The van der Waals surface area contributed by atoms with E-state index in [1.165, 1.54) is 16.6 Å². The Bertz CT molecular complexity index is 216. The Hall–Kier alpha value is -0.715. The van der Waals surface area contributed by atoms with Crippen molar-refractivity contribution in [1.82, 2.24) is 0 Å². The van der Waals surface area contributed by atoms with Crippen molar-refractivity contribution >= 4 is 13.3 Å². The third-order valence-electron chi connectivity index (χ3n) is 1.66. The lowest BCUT2D eigenvalue weighted by Gasteiger charge is -1.98. The van der Waals surface area contributed by atoms with Crippen molar-refractivity contribution in [3.05, 3.63) is 29.3 Å². The zero-order valence-corrected chi connectivity index (χ0v) is 6.23. The molecule has 0 nitrogen and oxygen atoms in total. The van der Waals surface area contributed by atoms with Crippen molar-refractivity contribution < 1.29 is 0 Å². The summed E-state index contributed by atoms with van der Waals surface area (Å²) in [5.74, 6) is 0. The second kappa shape index (κ2) is 2.26. The molecule has 0 N–H and O–H groups in total. The molecule has 0 spiro atoms. The van der Waals surface area contributed by atoms with Crippen LogP contribution in [0.5, 0.6) is 0 Å². The molecule has 0 atom stereocenters. The van der Waals surface area contributed by atoms with Gasteiger partial charge in [-0.1, -0.05) is 23.7 Å². The highest BCUT2D eigenvalue weighted by atomic mass is 13.9. The number of benzene rings is 1. The van der Waals surface area contributed by atoms with Crippen molar-refractivity contribution in [2.45, 2.75) is 13.8 Å². The minimum atomic E-state index is 1.35. The summed E-state index contributed by atoms with van der Waals surface area (Å²) in [7, 11) is 2.12. The van der Waals surface area contributed by atoms with E-state index in [0.717, 1.165) is 0 Å². The largest absolute Gasteiger partial charge is 0.139 e. The molecule has 0 aliphatic rings. The fourth-order valence-corrected chi connectivity index (χ4v) is 0.891. The van der Waals surface area contributed by atoms with Crippen LogP contribution in [0.3, 0.4) is 0 Å². The maximum atomic E-state index is 2.20. The van der Waals surface area contributed by atoms with Crippen molar-refractivity contribution in [1.29, 1.82) is 0 Å². The van der Waals surface area contributed by atoms with Crippen LogP contribution in [0.25, 0.3) is 0 Å². The van der Waals surface area contributed by atoms with Crippen molar-refractivity contribution in [2.24, 2.45) is 0 Å². The standard InChI is InChI=1S/C8H11B/c1-6-3-4-8(9)5-7(6)2/h3-5H,9H2,1-2H3. The van der Waals surface area contributed by atoms with E-state index >= 15 is 0 Å². The van der Waals surface area contributed by atoms with Gasteiger partial charge in [0.15, 0.2) is 0 Å². The van der Waals surface area contributed by atoms with Gasteiger partial charge in [-0.3, -0.25) is 0 Å². The first-order chi connectivity index (χ1) is 4.20. The maximum absolute atomic E-state index is 2.20. The van der Waals surface area contributed by atoms with E-state index < -0.39 is 0 Å². The SMILES string of the molecule is Bc1ccc(C)c(C)c1. The van der Waals surface area contributed by atoms with E-state index in [9.17, 15) is 0 Å². The molecule has 0 radical (unpaired) electrons. The fraction of sp³-hybridized carbons (Fsp3) is 0.250. The first-order valence-electron chi connectivity index (χ1n) is 3.24. The van der Waals surface area contributed by atoms with Gasteiger partial charge >= 0.3 is 0 Å². The molecule has 1 rings (SSSR count). The monoisotopic (exact) mass is 118 g/mol. The van der Waals surface area contributed by atoms with Crippen LogP contribution in [0.15, 0.2) is 18.2 Å². The first kappa shape index (κ1) is 6.41. The van der Waals surface area contributed by atoms with Gasteiger partial charge in [-0.2, -0.15) is 0 Å². The molecule has 9 heavy (non-hydrogen) atoms. The third-order valence-corrected chi connectivity index (χ3v) is 1.66. The molecule has 0 saturated carbocycles. The van der Waals surface area contributed by atoms with E-state index in [4.69, 9.17) is 0 Å². The molecule has 1 heteroatoms. The Morgan fingerprint density at radius 1 is 1.11 bits per heavy atom. The molecular formula is C8H11B. The van der Waals surface area contributed by atoms with Gasteiger partial charge in [0, 0.05) is 0 Å². The second-order valence-corrected chi connectivity index (χ2v) is 2.59. The maximum Gasteiger partial charge on any atom is 0.139 e. The van der Waals surface area contributed by atoms with E-state index in [1.54, 1.807) is 0 Å². The van der Waals surface area contributed by atoms with Gasteiger partial charge in [0.25, 0.3) is 0 Å². The molecule has 0 aliphatic carbocycles. The Balaban J connectivity index is 3.17. The lowest BCUT2D eigenvalue weighted by atomic mass is 9.93. The number of rotatable bonds is 0. The van der Waals surface area contributed by atoms with E-state index in [1.807, 2.05) is 0 Å². The summed E-state index contributed by atoms with van der Waals surface area (Å²) in [6.07, 6.45) is 0. The Labute approximate surface area is 57.3 Å². The molecule has 46 valence electrons. The highest BCUT2D eigenvalue weighted by molar-refractivity contribution is 6.32. The lowest BCUT2D eigenvalue weighted by molar-refractivity contribution is 1.35. The summed E-state index contributed by atoms with van der Waals surface area (Å²) in [6, 6.07) is 6.50. The second-order valence-electron chi connectivity index (χ2n) is 2.59. The van der Waals surface area contributed by atoms with Crippen LogP contribution in [0.2, 0.25) is 0 Å². The summed E-state index contributed by atoms with van der Waals surface area (Å²) >= 11 is 0. The summed E-state index contributed by atoms with van der Waals surface area (Å²) in [5.41, 5.74) is 4.11. The highest BCUT2D eigenvalue weighted by Crippen LogP contribution is 2.01. The quantitative estimate of drug-likeness (QED) is 0.436. The molecule has 0 aromatic heterocycles. The topological polar surface area (TPSA) is 0 Å². The Kier molecular flexibility index (Phi) is 1.61. The molecule has 0 unspecified atom stereocenters. The van der Waals surface area contributed by atoms with Crippen molar-refractivity contribution in [2.75, 3.05) is 0 Å². The van der Waals surface area contributed by atoms with Crippen LogP contribution < -0.4 is 5.46 Å². The van der Waals surface area contributed by atoms with Gasteiger partial charge in [0.2, 0.25) is 0 Å². The van der Waals surface area contributed by atoms with E-state index in [-0.39, 0.29) is 0 Å². The molecule has 0 bridgehead atoms. The highest BCUT2D eigenvalue weighted by Gasteiger charge is 1.89. The molecule has 0 aliphatic heterocycles. The molecule has 1 aromatic rings. The smallest absolute Gasteiger partial charge is 0.0887 e. The lowest BCUT2D eigenvalue weighted by Crippen LogP contribution is -2.01. The predicted octanol–water partition coefficient (Wildman–Crippen LogP) is 0.562. The van der Waals surface area contributed by atoms with E-state index in [2.05, 4.69) is 39.9 Å². The third kappa shape index (κ3) is 1.35. The summed E-state index contributed by atoms with van der Waals surface area (Å²) < 4.78 is 0. The van der Waals surface area contributed by atoms with Gasteiger partial charge in [-0.25, -0.2) is 0 Å². The minimum Gasteiger partial charge on any atom is -0.0887 e. The molecule has 0 heterocycles. The number of hydrogen-bond donors (Lipinski definition) is 0. The fourth-order valence-electron chi connectivity index (χ4n) is 0.891. The average Bonchev–Trinajstić information content (AvgIpc) is 1.80. The van der Waals surface area contributed by atoms with Crippen LogP contribution in [0.1, 0.15) is 11.1 Å². The molecule has 1 aromatic carbocycles. The normalized spacial score (nSPS) is 9.56. The van der Waals surface area contributed by atoms with Gasteiger partial charge in [-0.15, -0.1) is 0 Å². The zero-order valence-electron chi connectivity index (χ0n) is 6.23. The van der Waals surface area contributed by atoms with Gasteiger partial charge in [-0.05, 0) is 25.0 Å². The molecule has 0 saturated heterocycles. The van der Waals surface area contributed by atoms with Gasteiger partial charge < -0.3 is 0 Å². The van der Waals surface area contributed by atoms with Gasteiger partial charge in [0.05, 0.1) is 0 Å². The van der Waals surface area contributed by atoms with E-state index in [0.29, 0.717) is 0 Å². The molecule has 0 fully saturated rings. The van der Waals surface area contributed by atoms with Crippen LogP contribution in [-0.2, 0) is 0 Å². The Morgan fingerprint density at radius 2 is 1.78 bits per heavy atom. The molecule has 0 amide bonds. The van der Waals surface area contributed by atoms with Crippen LogP contribution in [0, 0.1) is 13.8 Å². The molecular weight excluding hydrogens is 107 g/mol. The summed E-state index contributed by atoms with van der Waals surface area (Å²) in [5, 5.41) is 0. The van der Waals surface area contributed by atoms with Crippen molar-refractivity contribution in [3.8, 4) is 0 Å². The van der Waals surface area contributed by atoms with Crippen LogP contribution >= 0.6 is 0 Å². The first-order valence-corrected chi connectivity index (χ1v) is 3.24. The minimum absolute atomic E-state index is 1.35. The summed E-state index contributed by atoms with van der Waals surface area (Å²) in [6.45, 7) is 4.27. The number of aryl methyl sites for hydroxylation is 2. The Morgan fingerprint density at radius 3 is 2.22 bits per heavy atom. The van der Waals surface area contributed by atoms with Crippen molar-refractivity contribution in [3.63, 3.8) is 0 Å². The van der Waals surface area contributed by atoms with Gasteiger partial charge in [0.1, 0.15) is 7.85 Å².